The van der Waals surface area contributed by atoms with Crippen molar-refractivity contribution in [2.24, 2.45) is 4.99 Å². The second-order valence-corrected chi connectivity index (χ2v) is 6.74. The molecule has 4 rings (SSSR count). The Morgan fingerprint density at radius 1 is 1.03 bits per heavy atom. The number of esters is 1. The molecule has 0 amide bonds. The van der Waals surface area contributed by atoms with E-state index in [9.17, 15) is 9.18 Å². The first-order chi connectivity index (χ1) is 14.1. The Kier molecular flexibility index (Phi) is 5.40. The molecule has 4 nitrogen and oxygen atoms in total. The van der Waals surface area contributed by atoms with E-state index in [1.807, 2.05) is 36.4 Å². The summed E-state index contributed by atoms with van der Waals surface area (Å²) in [6, 6.07) is 20.4. The zero-order valence-electron chi connectivity index (χ0n) is 15.1. The summed E-state index contributed by atoms with van der Waals surface area (Å²) in [6.07, 6.45) is 1.59. The summed E-state index contributed by atoms with van der Waals surface area (Å²) in [6.45, 7) is 0.322. The van der Waals surface area contributed by atoms with Gasteiger partial charge < -0.3 is 9.47 Å². The minimum Gasteiger partial charge on any atom is -0.488 e. The van der Waals surface area contributed by atoms with Gasteiger partial charge in [-0.15, -0.1) is 0 Å². The molecule has 6 heteroatoms. The fourth-order valence-corrected chi connectivity index (χ4v) is 3.03. The maximum atomic E-state index is 13.4. The van der Waals surface area contributed by atoms with Crippen LogP contribution in [0.4, 0.5) is 4.39 Å². The topological polar surface area (TPSA) is 47.9 Å². The monoisotopic (exact) mass is 407 g/mol. The molecule has 0 N–H and O–H groups in total. The minimum atomic E-state index is -0.603. The molecule has 0 atom stereocenters. The van der Waals surface area contributed by atoms with Crippen LogP contribution in [0.5, 0.6) is 5.75 Å². The lowest BCUT2D eigenvalue weighted by Crippen LogP contribution is -2.05. The third-order valence-corrected chi connectivity index (χ3v) is 4.42. The van der Waals surface area contributed by atoms with Crippen LogP contribution in [0.3, 0.4) is 0 Å². The predicted molar refractivity (Wildman–Crippen MR) is 109 cm³/mol. The molecule has 0 saturated heterocycles. The molecule has 0 fully saturated rings. The van der Waals surface area contributed by atoms with Crippen molar-refractivity contribution in [1.82, 2.24) is 0 Å². The number of cyclic esters (lactones) is 1. The molecule has 0 saturated carbocycles. The number of hydrogen-bond donors (Lipinski definition) is 0. The summed E-state index contributed by atoms with van der Waals surface area (Å²) in [4.78, 5) is 16.4. The molecule has 1 aliphatic heterocycles. The molecule has 0 bridgehead atoms. The molecule has 29 heavy (non-hydrogen) atoms. The van der Waals surface area contributed by atoms with E-state index in [0.29, 0.717) is 28.5 Å². The van der Waals surface area contributed by atoms with Crippen molar-refractivity contribution in [2.45, 2.75) is 6.61 Å². The van der Waals surface area contributed by atoms with Crippen molar-refractivity contribution in [2.75, 3.05) is 0 Å². The molecule has 144 valence electrons. The summed E-state index contributed by atoms with van der Waals surface area (Å²) in [5.41, 5.74) is 2.10. The van der Waals surface area contributed by atoms with Crippen LogP contribution < -0.4 is 4.74 Å². The zero-order chi connectivity index (χ0) is 20.2. The normalized spacial score (nSPS) is 14.6. The van der Waals surface area contributed by atoms with Crippen molar-refractivity contribution >= 4 is 29.5 Å². The number of ether oxygens (including phenoxy) is 2. The summed E-state index contributed by atoms with van der Waals surface area (Å²) in [5.74, 6) is -0.382. The van der Waals surface area contributed by atoms with Crippen molar-refractivity contribution < 1.29 is 18.7 Å². The lowest BCUT2D eigenvalue weighted by Gasteiger charge is -2.09. The highest BCUT2D eigenvalue weighted by molar-refractivity contribution is 6.30. The number of aliphatic imine (C=N–C) groups is 1. The van der Waals surface area contributed by atoms with Gasteiger partial charge in [0, 0.05) is 16.1 Å². The van der Waals surface area contributed by atoms with Crippen molar-refractivity contribution in [3.8, 4) is 5.75 Å². The summed E-state index contributed by atoms with van der Waals surface area (Å²) in [5, 5.41) is 0.634. The van der Waals surface area contributed by atoms with Gasteiger partial charge in [0.05, 0.1) is 0 Å². The Hall–Kier alpha value is -3.44. The van der Waals surface area contributed by atoms with Gasteiger partial charge >= 0.3 is 5.97 Å². The summed E-state index contributed by atoms with van der Waals surface area (Å²) >= 11 is 6.01. The van der Waals surface area contributed by atoms with E-state index < -0.39 is 11.8 Å². The number of carbonyl (C=O) groups excluding carboxylic acids is 1. The van der Waals surface area contributed by atoms with E-state index in [1.54, 1.807) is 24.3 Å². The van der Waals surface area contributed by atoms with Gasteiger partial charge in [0.25, 0.3) is 0 Å². The third kappa shape index (κ3) is 4.52. The third-order valence-electron chi connectivity index (χ3n) is 4.19. The number of benzene rings is 3. The van der Waals surface area contributed by atoms with E-state index in [-0.39, 0.29) is 11.6 Å². The smallest absolute Gasteiger partial charge is 0.363 e. The Morgan fingerprint density at radius 2 is 1.86 bits per heavy atom. The molecule has 3 aromatic rings. The van der Waals surface area contributed by atoms with E-state index in [2.05, 4.69) is 4.99 Å². The van der Waals surface area contributed by atoms with E-state index in [4.69, 9.17) is 21.1 Å². The van der Waals surface area contributed by atoms with E-state index >= 15 is 0 Å². The number of hydrogen-bond acceptors (Lipinski definition) is 4. The first kappa shape index (κ1) is 18.9. The van der Waals surface area contributed by atoms with Gasteiger partial charge in [0.2, 0.25) is 5.90 Å². The average Bonchev–Trinajstić information content (AvgIpc) is 3.08. The van der Waals surface area contributed by atoms with Crippen LogP contribution in [0.2, 0.25) is 5.02 Å². The van der Waals surface area contributed by atoms with Crippen molar-refractivity contribution in [1.29, 1.82) is 0 Å². The largest absolute Gasteiger partial charge is 0.488 e. The zero-order valence-corrected chi connectivity index (χ0v) is 15.9. The van der Waals surface area contributed by atoms with Crippen LogP contribution in [-0.4, -0.2) is 11.9 Å². The first-order valence-corrected chi connectivity index (χ1v) is 9.21. The van der Waals surface area contributed by atoms with Gasteiger partial charge in [-0.05, 0) is 48.0 Å². The second kappa shape index (κ2) is 8.29. The maximum absolute atomic E-state index is 13.4. The summed E-state index contributed by atoms with van der Waals surface area (Å²) in [7, 11) is 0. The number of nitrogens with zero attached hydrogens (tertiary/aromatic N) is 1. The van der Waals surface area contributed by atoms with Crippen molar-refractivity contribution in [3.05, 3.63) is 106 Å². The Balaban J connectivity index is 1.58. The number of para-hydroxylation sites is 1. The first-order valence-electron chi connectivity index (χ1n) is 8.83. The highest BCUT2D eigenvalue weighted by Gasteiger charge is 2.24. The van der Waals surface area contributed by atoms with Crippen molar-refractivity contribution in [3.63, 3.8) is 0 Å². The van der Waals surface area contributed by atoms with Crippen LogP contribution in [0.1, 0.15) is 16.7 Å². The Morgan fingerprint density at radius 3 is 2.69 bits per heavy atom. The average molecular weight is 408 g/mol. The fourth-order valence-electron chi connectivity index (χ4n) is 2.82. The fraction of sp³-hybridized carbons (Fsp3) is 0.0435. The number of halogens is 2. The van der Waals surface area contributed by atoms with Gasteiger partial charge in [-0.1, -0.05) is 48.0 Å². The van der Waals surface area contributed by atoms with Crippen LogP contribution in [0.25, 0.3) is 6.08 Å². The molecule has 0 radical (unpaired) electrons. The standard InChI is InChI=1S/C23H15ClFNO3/c24-18-8-3-5-15(11-18)14-28-21-10-2-1-6-16(21)13-20-23(27)29-22(26-20)17-7-4-9-19(25)12-17/h1-13H,14H2/b20-13-. The lowest BCUT2D eigenvalue weighted by atomic mass is 10.1. The predicted octanol–water partition coefficient (Wildman–Crippen LogP) is 5.40. The van der Waals surface area contributed by atoms with Gasteiger partial charge in [-0.3, -0.25) is 0 Å². The minimum absolute atomic E-state index is 0.0677. The van der Waals surface area contributed by atoms with Gasteiger partial charge in [-0.2, -0.15) is 0 Å². The van der Waals surface area contributed by atoms with Crippen LogP contribution in [-0.2, 0) is 16.1 Å². The molecular weight excluding hydrogens is 393 g/mol. The SMILES string of the molecule is O=C1OC(c2cccc(F)c2)=N/C1=C\c1ccccc1OCc1cccc(Cl)c1. The van der Waals surface area contributed by atoms with Gasteiger partial charge in [0.15, 0.2) is 5.70 Å². The number of carbonyl (C=O) groups is 1. The maximum Gasteiger partial charge on any atom is 0.363 e. The molecule has 0 aliphatic carbocycles. The van der Waals surface area contributed by atoms with Gasteiger partial charge in [-0.25, -0.2) is 14.2 Å². The highest BCUT2D eigenvalue weighted by atomic mass is 35.5. The molecule has 0 unspecified atom stereocenters. The molecule has 3 aromatic carbocycles. The Bertz CT molecular complexity index is 1140. The quantitative estimate of drug-likeness (QED) is 0.420. The lowest BCUT2D eigenvalue weighted by molar-refractivity contribution is -0.129. The van der Waals surface area contributed by atoms with Crippen LogP contribution in [0.15, 0.2) is 83.5 Å². The van der Waals surface area contributed by atoms with Crippen LogP contribution >= 0.6 is 11.6 Å². The van der Waals surface area contributed by atoms with E-state index in [1.165, 1.54) is 18.2 Å². The molecule has 0 aromatic heterocycles. The van der Waals surface area contributed by atoms with Gasteiger partial charge in [0.1, 0.15) is 18.2 Å². The summed E-state index contributed by atoms with van der Waals surface area (Å²) < 4.78 is 24.5. The van der Waals surface area contributed by atoms with Crippen LogP contribution in [0, 0.1) is 5.82 Å². The van der Waals surface area contributed by atoms with E-state index in [0.717, 1.165) is 5.56 Å². The molecule has 1 aliphatic rings. The highest BCUT2D eigenvalue weighted by Crippen LogP contribution is 2.26. The second-order valence-electron chi connectivity index (χ2n) is 6.30. The number of rotatable bonds is 5. The molecule has 0 spiro atoms. The molecular formula is C23H15ClFNO3. The molecule has 1 heterocycles. The Labute approximate surface area is 171 Å².